The van der Waals surface area contributed by atoms with Crippen LogP contribution in [0.25, 0.3) is 0 Å². The largest absolute Gasteiger partial charge is 0.459 e. The van der Waals surface area contributed by atoms with Crippen molar-refractivity contribution in [3.8, 4) is 0 Å². The van der Waals surface area contributed by atoms with E-state index < -0.39 is 0 Å². The number of hydrogen-bond donors (Lipinski definition) is 0. The van der Waals surface area contributed by atoms with Crippen LogP contribution in [0.3, 0.4) is 0 Å². The Bertz CT molecular complexity index is 1030. The molecule has 3 aliphatic heterocycles. The van der Waals surface area contributed by atoms with Gasteiger partial charge in [-0.05, 0) is 57.4 Å². The van der Waals surface area contributed by atoms with Gasteiger partial charge in [0.1, 0.15) is 0 Å². The van der Waals surface area contributed by atoms with Gasteiger partial charge in [-0.25, -0.2) is 9.79 Å². The van der Waals surface area contributed by atoms with Crippen molar-refractivity contribution >= 4 is 28.8 Å². The van der Waals surface area contributed by atoms with Gasteiger partial charge in [0.15, 0.2) is 5.17 Å². The van der Waals surface area contributed by atoms with Crippen LogP contribution in [0.5, 0.6) is 0 Å². The first-order chi connectivity index (χ1) is 15.7. The van der Waals surface area contributed by atoms with E-state index in [9.17, 15) is 9.59 Å². The molecule has 1 saturated heterocycles. The first kappa shape index (κ1) is 23.6. The first-order valence-corrected chi connectivity index (χ1v) is 12.6. The number of benzene rings is 1. The molecule has 0 aliphatic carbocycles. The molecule has 4 rings (SSSR count). The lowest BCUT2D eigenvalue weighted by atomic mass is 9.92. The maximum Gasteiger partial charge on any atom is 0.338 e. The number of thioether (sulfide) groups is 1. The molecule has 33 heavy (non-hydrogen) atoms. The number of fused-ring (bicyclic) bond motifs is 1. The van der Waals surface area contributed by atoms with Crippen LogP contribution in [0.1, 0.15) is 64.1 Å². The standard InChI is InChI=1S/C26H33N3O3S/c1-16(2)32-25(31)23-19(5)27-26-29(24(23)20-8-6-7-18(4)13-20)21(15-33-26)14-22(30)28-11-9-17(3)10-12-28/h6-8,13,15-17,24H,9-12,14H2,1-5H3/t24-/m0/s1. The number of likely N-dealkylation sites (tertiary alicyclic amines) is 1. The molecule has 1 atom stereocenters. The minimum Gasteiger partial charge on any atom is -0.459 e. The maximum atomic E-state index is 13.2. The number of esters is 1. The molecule has 1 fully saturated rings. The number of amides is 1. The molecule has 0 radical (unpaired) electrons. The van der Waals surface area contributed by atoms with Crippen molar-refractivity contribution in [3.05, 3.63) is 57.8 Å². The fourth-order valence-electron chi connectivity index (χ4n) is 4.59. The van der Waals surface area contributed by atoms with E-state index in [2.05, 4.69) is 17.9 Å². The van der Waals surface area contributed by atoms with Crippen LogP contribution >= 0.6 is 11.8 Å². The van der Waals surface area contributed by atoms with E-state index in [4.69, 9.17) is 9.73 Å². The van der Waals surface area contributed by atoms with Crippen LogP contribution in [0, 0.1) is 12.8 Å². The molecule has 3 aliphatic rings. The van der Waals surface area contributed by atoms with Crippen LogP contribution in [0.2, 0.25) is 0 Å². The van der Waals surface area contributed by atoms with E-state index in [1.807, 2.05) is 56.2 Å². The van der Waals surface area contributed by atoms with Crippen LogP contribution < -0.4 is 0 Å². The Kier molecular flexibility index (Phi) is 6.98. The highest BCUT2D eigenvalue weighted by atomic mass is 32.2. The fraction of sp³-hybridized carbons (Fsp3) is 0.500. The zero-order chi connectivity index (χ0) is 23.7. The van der Waals surface area contributed by atoms with E-state index in [-0.39, 0.29) is 24.0 Å². The van der Waals surface area contributed by atoms with Gasteiger partial charge >= 0.3 is 5.97 Å². The minimum absolute atomic E-state index is 0.135. The summed E-state index contributed by atoms with van der Waals surface area (Å²) in [5.74, 6) is 0.449. The summed E-state index contributed by atoms with van der Waals surface area (Å²) in [6.45, 7) is 11.5. The molecule has 0 bridgehead atoms. The molecule has 1 amide bonds. The monoisotopic (exact) mass is 467 g/mol. The molecule has 0 N–H and O–H groups in total. The number of carbonyl (C=O) groups excluding carboxylic acids is 2. The van der Waals surface area contributed by atoms with Crippen LogP contribution in [-0.2, 0) is 14.3 Å². The third kappa shape index (κ3) is 5.03. The predicted octanol–water partition coefficient (Wildman–Crippen LogP) is 5.17. The SMILES string of the molecule is CC1=C(C(=O)OC(C)C)[C@H](c2cccc(C)c2)N2C(CC(=O)N3CCC(C)CC3)=CSC2=N1. The molecule has 1 aromatic carbocycles. The van der Waals surface area contributed by atoms with E-state index in [0.717, 1.165) is 47.9 Å². The predicted molar refractivity (Wildman–Crippen MR) is 132 cm³/mol. The third-order valence-electron chi connectivity index (χ3n) is 6.39. The van der Waals surface area contributed by atoms with Gasteiger partial charge in [-0.1, -0.05) is 48.5 Å². The second-order valence-corrected chi connectivity index (χ2v) is 10.3. The molecule has 7 heteroatoms. The number of aliphatic imine (C=N–C) groups is 1. The van der Waals surface area contributed by atoms with Crippen molar-refractivity contribution in [1.29, 1.82) is 0 Å². The Labute approximate surface area is 200 Å². The lowest BCUT2D eigenvalue weighted by Gasteiger charge is -2.37. The molecular weight excluding hydrogens is 434 g/mol. The highest BCUT2D eigenvalue weighted by molar-refractivity contribution is 8.16. The number of nitrogens with zero attached hydrogens (tertiary/aromatic N) is 3. The first-order valence-electron chi connectivity index (χ1n) is 11.7. The summed E-state index contributed by atoms with van der Waals surface area (Å²) < 4.78 is 5.62. The number of rotatable bonds is 5. The van der Waals surface area contributed by atoms with E-state index >= 15 is 0 Å². The lowest BCUT2D eigenvalue weighted by Crippen LogP contribution is -2.41. The Balaban J connectivity index is 1.67. The van der Waals surface area contributed by atoms with E-state index in [1.165, 1.54) is 11.8 Å². The van der Waals surface area contributed by atoms with Crippen molar-refractivity contribution in [2.75, 3.05) is 13.1 Å². The Morgan fingerprint density at radius 1 is 1.21 bits per heavy atom. The molecule has 176 valence electrons. The number of piperidine rings is 1. The number of amidine groups is 1. The zero-order valence-electron chi connectivity index (χ0n) is 20.1. The average Bonchev–Trinajstić information content (AvgIpc) is 3.14. The average molecular weight is 468 g/mol. The number of carbonyl (C=O) groups is 2. The number of hydrogen-bond acceptors (Lipinski definition) is 6. The normalized spacial score (nSPS) is 21.2. The van der Waals surface area contributed by atoms with Gasteiger partial charge in [-0.3, -0.25) is 4.79 Å². The summed E-state index contributed by atoms with van der Waals surface area (Å²) in [7, 11) is 0. The summed E-state index contributed by atoms with van der Waals surface area (Å²) in [4.78, 5) is 35.1. The zero-order valence-corrected chi connectivity index (χ0v) is 20.9. The van der Waals surface area contributed by atoms with Crippen molar-refractivity contribution in [1.82, 2.24) is 9.80 Å². The number of aryl methyl sites for hydroxylation is 1. The fourth-order valence-corrected chi connectivity index (χ4v) is 5.55. The molecule has 0 spiro atoms. The van der Waals surface area contributed by atoms with Crippen molar-refractivity contribution < 1.29 is 14.3 Å². The molecule has 0 unspecified atom stereocenters. The molecule has 1 aromatic rings. The van der Waals surface area contributed by atoms with Gasteiger partial charge in [0.25, 0.3) is 0 Å². The summed E-state index contributed by atoms with van der Waals surface area (Å²) in [6.07, 6.45) is 2.17. The van der Waals surface area contributed by atoms with Gasteiger partial charge in [0.05, 0.1) is 29.8 Å². The van der Waals surface area contributed by atoms with E-state index in [0.29, 0.717) is 23.6 Å². The highest BCUT2D eigenvalue weighted by Crippen LogP contribution is 2.45. The van der Waals surface area contributed by atoms with Crippen LogP contribution in [-0.4, -0.2) is 46.0 Å². The van der Waals surface area contributed by atoms with Crippen LogP contribution in [0.15, 0.2) is 51.6 Å². The number of ether oxygens (including phenoxy) is 1. The van der Waals surface area contributed by atoms with Crippen LogP contribution in [0.4, 0.5) is 0 Å². The Morgan fingerprint density at radius 3 is 2.61 bits per heavy atom. The van der Waals surface area contributed by atoms with Gasteiger partial charge in [-0.2, -0.15) is 0 Å². The summed E-state index contributed by atoms with van der Waals surface area (Å²) >= 11 is 1.51. The molecule has 6 nitrogen and oxygen atoms in total. The summed E-state index contributed by atoms with van der Waals surface area (Å²) in [6, 6.07) is 7.80. The van der Waals surface area contributed by atoms with Crippen molar-refractivity contribution in [2.24, 2.45) is 10.9 Å². The smallest absolute Gasteiger partial charge is 0.338 e. The van der Waals surface area contributed by atoms with Gasteiger partial charge in [0.2, 0.25) is 5.91 Å². The molecule has 0 saturated carbocycles. The minimum atomic E-state index is -0.376. The molecule has 3 heterocycles. The summed E-state index contributed by atoms with van der Waals surface area (Å²) in [5.41, 5.74) is 4.19. The lowest BCUT2D eigenvalue weighted by molar-refractivity contribution is -0.143. The van der Waals surface area contributed by atoms with Gasteiger partial charge in [-0.15, -0.1) is 0 Å². The topological polar surface area (TPSA) is 62.2 Å². The second kappa shape index (κ2) is 9.75. The molecular formula is C26H33N3O3S. The number of allylic oxidation sites excluding steroid dienone is 1. The Morgan fingerprint density at radius 2 is 1.94 bits per heavy atom. The maximum absolute atomic E-state index is 13.2. The third-order valence-corrected chi connectivity index (χ3v) is 7.28. The Hall–Kier alpha value is -2.54. The second-order valence-electron chi connectivity index (χ2n) is 9.50. The quantitative estimate of drug-likeness (QED) is 0.559. The highest BCUT2D eigenvalue weighted by Gasteiger charge is 2.41. The van der Waals surface area contributed by atoms with E-state index in [1.54, 1.807) is 0 Å². The summed E-state index contributed by atoms with van der Waals surface area (Å²) in [5, 5.41) is 2.81. The van der Waals surface area contributed by atoms with Crippen molar-refractivity contribution in [2.45, 2.75) is 66.0 Å². The van der Waals surface area contributed by atoms with Gasteiger partial charge < -0.3 is 14.5 Å². The van der Waals surface area contributed by atoms with Crippen molar-refractivity contribution in [3.63, 3.8) is 0 Å². The molecule has 0 aromatic heterocycles. The van der Waals surface area contributed by atoms with Gasteiger partial charge in [0, 0.05) is 18.8 Å².